The molecule has 0 heterocycles. The molecule has 102 valence electrons. The lowest BCUT2D eigenvalue weighted by Gasteiger charge is -2.37. The van der Waals surface area contributed by atoms with Crippen molar-refractivity contribution >= 4 is 5.91 Å². The molecule has 1 amide bonds. The van der Waals surface area contributed by atoms with Crippen LogP contribution in [0.3, 0.4) is 0 Å². The molecule has 4 nitrogen and oxygen atoms in total. The second-order valence-corrected chi connectivity index (χ2v) is 6.41. The quantitative estimate of drug-likeness (QED) is 0.784. The van der Waals surface area contributed by atoms with Crippen LogP contribution in [0.1, 0.15) is 47.0 Å². The van der Waals surface area contributed by atoms with Gasteiger partial charge in [0.15, 0.2) is 0 Å². The Morgan fingerprint density at radius 3 is 2.39 bits per heavy atom. The molecule has 0 spiro atoms. The van der Waals surface area contributed by atoms with E-state index in [9.17, 15) is 9.90 Å². The van der Waals surface area contributed by atoms with E-state index in [2.05, 4.69) is 11.4 Å². The molecule has 1 fully saturated rings. The van der Waals surface area contributed by atoms with Crippen molar-refractivity contribution in [2.24, 2.45) is 16.7 Å². The summed E-state index contributed by atoms with van der Waals surface area (Å²) in [6.07, 6.45) is 1.78. The summed E-state index contributed by atoms with van der Waals surface area (Å²) in [5, 5.41) is 22.0. The first-order chi connectivity index (χ1) is 8.25. The number of aliphatic hydroxyl groups is 1. The molecule has 1 rings (SSSR count). The van der Waals surface area contributed by atoms with E-state index in [1.54, 1.807) is 0 Å². The van der Waals surface area contributed by atoms with Crippen molar-refractivity contribution in [1.29, 1.82) is 5.26 Å². The first kappa shape index (κ1) is 15.0. The molecule has 0 aliphatic heterocycles. The molecule has 4 heteroatoms. The molecule has 1 aliphatic carbocycles. The van der Waals surface area contributed by atoms with E-state index < -0.39 is 11.5 Å². The second-order valence-electron chi connectivity index (χ2n) is 6.41. The van der Waals surface area contributed by atoms with E-state index in [4.69, 9.17) is 5.26 Å². The van der Waals surface area contributed by atoms with Crippen molar-refractivity contribution in [2.75, 3.05) is 6.54 Å². The molecule has 0 bridgehead atoms. The van der Waals surface area contributed by atoms with Gasteiger partial charge in [-0.3, -0.25) is 4.79 Å². The van der Waals surface area contributed by atoms with Gasteiger partial charge in [-0.2, -0.15) is 5.26 Å². The molecule has 1 atom stereocenters. The van der Waals surface area contributed by atoms with Gasteiger partial charge in [0.05, 0.1) is 12.2 Å². The lowest BCUT2D eigenvalue weighted by Crippen LogP contribution is -2.50. The molecule has 2 N–H and O–H groups in total. The van der Waals surface area contributed by atoms with Crippen LogP contribution in [0.5, 0.6) is 0 Å². The lowest BCUT2D eigenvalue weighted by molar-refractivity contribution is -0.132. The Hall–Kier alpha value is -1.08. The number of carbonyl (C=O) groups excluding carboxylic acids is 1. The minimum absolute atomic E-state index is 0.144. The fourth-order valence-electron chi connectivity index (χ4n) is 2.40. The molecular weight excluding hydrogens is 228 g/mol. The minimum Gasteiger partial charge on any atom is -0.392 e. The number of amides is 1. The van der Waals surface area contributed by atoms with Crippen LogP contribution in [0, 0.1) is 28.1 Å². The van der Waals surface area contributed by atoms with E-state index in [1.165, 1.54) is 0 Å². The molecule has 1 unspecified atom stereocenters. The predicted octanol–water partition coefficient (Wildman–Crippen LogP) is 1.84. The van der Waals surface area contributed by atoms with E-state index in [-0.39, 0.29) is 17.2 Å². The molecule has 0 radical (unpaired) electrons. The van der Waals surface area contributed by atoms with Crippen molar-refractivity contribution in [3.63, 3.8) is 0 Å². The van der Waals surface area contributed by atoms with Crippen molar-refractivity contribution in [3.8, 4) is 6.07 Å². The van der Waals surface area contributed by atoms with Crippen LogP contribution < -0.4 is 5.32 Å². The zero-order valence-electron chi connectivity index (χ0n) is 11.8. The number of aliphatic hydroxyl groups excluding tert-OH is 1. The van der Waals surface area contributed by atoms with Gasteiger partial charge in [0.2, 0.25) is 5.91 Å². The Bertz CT molecular complexity index is 351. The van der Waals surface area contributed by atoms with Gasteiger partial charge in [0, 0.05) is 12.0 Å². The zero-order valence-corrected chi connectivity index (χ0v) is 11.8. The maximum atomic E-state index is 12.0. The Morgan fingerprint density at radius 2 is 2.06 bits per heavy atom. The summed E-state index contributed by atoms with van der Waals surface area (Å²) in [6.45, 7) is 8.16. The first-order valence-corrected chi connectivity index (χ1v) is 6.63. The van der Waals surface area contributed by atoms with Crippen molar-refractivity contribution in [1.82, 2.24) is 5.32 Å². The van der Waals surface area contributed by atoms with Gasteiger partial charge in [-0.15, -0.1) is 0 Å². The highest BCUT2D eigenvalue weighted by molar-refractivity contribution is 5.86. The van der Waals surface area contributed by atoms with Gasteiger partial charge >= 0.3 is 0 Å². The monoisotopic (exact) mass is 252 g/mol. The normalized spacial score (nSPS) is 19.8. The average molecular weight is 252 g/mol. The maximum absolute atomic E-state index is 12.0. The Morgan fingerprint density at radius 1 is 1.50 bits per heavy atom. The maximum Gasteiger partial charge on any atom is 0.240 e. The first-order valence-electron chi connectivity index (χ1n) is 6.63. The van der Waals surface area contributed by atoms with Crippen LogP contribution in [-0.2, 0) is 4.79 Å². The largest absolute Gasteiger partial charge is 0.392 e. The van der Waals surface area contributed by atoms with Gasteiger partial charge in [-0.05, 0) is 25.2 Å². The summed E-state index contributed by atoms with van der Waals surface area (Å²) in [5.74, 6) is -0.0363. The third kappa shape index (κ3) is 2.84. The summed E-state index contributed by atoms with van der Waals surface area (Å²) in [6, 6.07) is 2.13. The molecule has 0 aromatic heterocycles. The highest BCUT2D eigenvalue weighted by Gasteiger charge is 2.45. The molecule has 1 saturated carbocycles. The molecule has 0 saturated heterocycles. The van der Waals surface area contributed by atoms with Gasteiger partial charge in [0.25, 0.3) is 0 Å². The number of nitrogens with zero attached hydrogens (tertiary/aromatic N) is 1. The van der Waals surface area contributed by atoms with Gasteiger partial charge in [0.1, 0.15) is 5.41 Å². The molecule has 0 aromatic carbocycles. The third-order valence-corrected chi connectivity index (χ3v) is 3.99. The van der Waals surface area contributed by atoms with E-state index in [0.717, 1.165) is 6.42 Å². The highest BCUT2D eigenvalue weighted by atomic mass is 16.3. The Kier molecular flexibility index (Phi) is 4.39. The van der Waals surface area contributed by atoms with Crippen LogP contribution in [0.15, 0.2) is 0 Å². The van der Waals surface area contributed by atoms with Gasteiger partial charge in [-0.25, -0.2) is 0 Å². The van der Waals surface area contributed by atoms with Crippen LogP contribution in [0.25, 0.3) is 0 Å². The fourth-order valence-corrected chi connectivity index (χ4v) is 2.40. The van der Waals surface area contributed by atoms with Crippen LogP contribution in [-0.4, -0.2) is 23.7 Å². The topological polar surface area (TPSA) is 73.1 Å². The fraction of sp³-hybridized carbons (Fsp3) is 0.857. The average Bonchev–Trinajstić information content (AvgIpc) is 2.24. The van der Waals surface area contributed by atoms with Crippen molar-refractivity contribution in [3.05, 3.63) is 0 Å². The SMILES string of the molecule is CC(C)C(O)C(C)(C)CNC(=O)C1(C#N)CCC1. The highest BCUT2D eigenvalue weighted by Crippen LogP contribution is 2.40. The van der Waals surface area contributed by atoms with Gasteiger partial charge < -0.3 is 10.4 Å². The molecule has 1 aliphatic rings. The van der Waals surface area contributed by atoms with Crippen LogP contribution in [0.2, 0.25) is 0 Å². The van der Waals surface area contributed by atoms with Crippen LogP contribution in [0.4, 0.5) is 0 Å². The number of rotatable bonds is 5. The summed E-state index contributed by atoms with van der Waals surface area (Å²) >= 11 is 0. The summed E-state index contributed by atoms with van der Waals surface area (Å²) in [7, 11) is 0. The number of nitrogens with one attached hydrogen (secondary N) is 1. The zero-order chi connectivity index (χ0) is 14.0. The lowest BCUT2D eigenvalue weighted by atomic mass is 9.69. The molecule has 0 aromatic rings. The molecule has 18 heavy (non-hydrogen) atoms. The van der Waals surface area contributed by atoms with E-state index in [1.807, 2.05) is 27.7 Å². The standard InChI is InChI=1S/C14H24N2O2/c1-10(2)11(17)13(3,4)9-16-12(18)14(8-15)6-5-7-14/h10-11,17H,5-7,9H2,1-4H3,(H,16,18). The third-order valence-electron chi connectivity index (χ3n) is 3.99. The number of carbonyl (C=O) groups is 1. The minimum atomic E-state index is -0.807. The molecular formula is C14H24N2O2. The van der Waals surface area contributed by atoms with E-state index in [0.29, 0.717) is 19.4 Å². The Labute approximate surface area is 109 Å². The van der Waals surface area contributed by atoms with Crippen molar-refractivity contribution < 1.29 is 9.90 Å². The predicted molar refractivity (Wildman–Crippen MR) is 69.5 cm³/mol. The summed E-state index contributed by atoms with van der Waals surface area (Å²) < 4.78 is 0. The smallest absolute Gasteiger partial charge is 0.240 e. The summed E-state index contributed by atoms with van der Waals surface area (Å²) in [5.41, 5.74) is -1.19. The van der Waals surface area contributed by atoms with Crippen LogP contribution >= 0.6 is 0 Å². The van der Waals surface area contributed by atoms with Crippen molar-refractivity contribution in [2.45, 2.75) is 53.1 Å². The van der Waals surface area contributed by atoms with Gasteiger partial charge in [-0.1, -0.05) is 27.7 Å². The van der Waals surface area contributed by atoms with E-state index >= 15 is 0 Å². The number of hydrogen-bond acceptors (Lipinski definition) is 3. The Balaban J connectivity index is 2.55. The summed E-state index contributed by atoms with van der Waals surface area (Å²) in [4.78, 5) is 12.0. The number of nitriles is 1. The second kappa shape index (κ2) is 5.27. The number of hydrogen-bond donors (Lipinski definition) is 2.